The van der Waals surface area contributed by atoms with Gasteiger partial charge in [-0.25, -0.2) is 0 Å². The summed E-state index contributed by atoms with van der Waals surface area (Å²) < 4.78 is 10.3. The van der Waals surface area contributed by atoms with Crippen LogP contribution in [0.15, 0.2) is 10.6 Å². The molecule has 1 saturated heterocycles. The third-order valence-corrected chi connectivity index (χ3v) is 3.01. The summed E-state index contributed by atoms with van der Waals surface area (Å²) in [6, 6.07) is 1.73. The third-order valence-electron chi connectivity index (χ3n) is 2.79. The predicted molar refractivity (Wildman–Crippen MR) is 65.5 cm³/mol. The first-order chi connectivity index (χ1) is 8.31. The van der Waals surface area contributed by atoms with Gasteiger partial charge in [-0.05, 0) is 12.8 Å². The quantitative estimate of drug-likeness (QED) is 0.795. The zero-order valence-electron chi connectivity index (χ0n) is 9.52. The SMILES string of the molecule is O=C(NCCS)c1cc(C2CCOCC2)no1. The highest BCUT2D eigenvalue weighted by Crippen LogP contribution is 2.26. The van der Waals surface area contributed by atoms with Crippen LogP contribution in [0, 0.1) is 0 Å². The van der Waals surface area contributed by atoms with Gasteiger partial charge in [0.1, 0.15) is 0 Å². The van der Waals surface area contributed by atoms with Crippen molar-refractivity contribution < 1.29 is 14.1 Å². The second-order valence-corrected chi connectivity index (χ2v) is 4.43. The number of hydrogen-bond acceptors (Lipinski definition) is 5. The smallest absolute Gasteiger partial charge is 0.289 e. The van der Waals surface area contributed by atoms with E-state index in [1.54, 1.807) is 6.07 Å². The fourth-order valence-electron chi connectivity index (χ4n) is 1.84. The molecule has 0 aromatic carbocycles. The molecule has 0 spiro atoms. The van der Waals surface area contributed by atoms with Crippen LogP contribution in [0.2, 0.25) is 0 Å². The van der Waals surface area contributed by atoms with Crippen molar-refractivity contribution >= 4 is 18.5 Å². The van der Waals surface area contributed by atoms with Gasteiger partial charge in [0.15, 0.2) is 0 Å². The average Bonchev–Trinajstić information content (AvgIpc) is 2.86. The van der Waals surface area contributed by atoms with E-state index < -0.39 is 0 Å². The largest absolute Gasteiger partial charge is 0.381 e. The number of hydrogen-bond donors (Lipinski definition) is 2. The molecule has 2 rings (SSSR count). The van der Waals surface area contributed by atoms with Gasteiger partial charge in [0.25, 0.3) is 5.91 Å². The molecule has 0 aliphatic carbocycles. The van der Waals surface area contributed by atoms with Crippen LogP contribution in [0.25, 0.3) is 0 Å². The minimum atomic E-state index is -0.232. The molecule has 17 heavy (non-hydrogen) atoms. The van der Waals surface area contributed by atoms with Crippen LogP contribution in [-0.2, 0) is 4.74 Å². The summed E-state index contributed by atoms with van der Waals surface area (Å²) >= 11 is 4.02. The van der Waals surface area contributed by atoms with Crippen molar-refractivity contribution in [1.82, 2.24) is 10.5 Å². The van der Waals surface area contributed by atoms with Gasteiger partial charge in [0.05, 0.1) is 5.69 Å². The first-order valence-electron chi connectivity index (χ1n) is 5.74. The summed E-state index contributed by atoms with van der Waals surface area (Å²) in [5, 5.41) is 6.65. The van der Waals surface area contributed by atoms with Crippen LogP contribution in [-0.4, -0.2) is 36.6 Å². The first kappa shape index (κ1) is 12.4. The van der Waals surface area contributed by atoms with Gasteiger partial charge in [-0.3, -0.25) is 4.79 Å². The van der Waals surface area contributed by atoms with Crippen molar-refractivity contribution in [3.05, 3.63) is 17.5 Å². The predicted octanol–water partition coefficient (Wildman–Crippen LogP) is 1.23. The Labute approximate surface area is 105 Å². The van der Waals surface area contributed by atoms with Gasteiger partial charge < -0.3 is 14.6 Å². The summed E-state index contributed by atoms with van der Waals surface area (Å²) in [5.74, 6) is 0.990. The van der Waals surface area contributed by atoms with Gasteiger partial charge in [0.2, 0.25) is 5.76 Å². The number of rotatable bonds is 4. The maximum absolute atomic E-state index is 11.6. The Hall–Kier alpha value is -1.01. The van der Waals surface area contributed by atoms with E-state index in [9.17, 15) is 4.79 Å². The molecule has 2 heterocycles. The number of thiol groups is 1. The van der Waals surface area contributed by atoms with E-state index in [0.717, 1.165) is 31.7 Å². The Balaban J connectivity index is 1.97. The summed E-state index contributed by atoms with van der Waals surface area (Å²) in [5.41, 5.74) is 0.851. The lowest BCUT2D eigenvalue weighted by molar-refractivity contribution is 0.0835. The molecule has 6 heteroatoms. The molecule has 1 fully saturated rings. The van der Waals surface area contributed by atoms with Crippen LogP contribution in [0.4, 0.5) is 0 Å². The summed E-state index contributed by atoms with van der Waals surface area (Å²) in [4.78, 5) is 11.6. The average molecular weight is 256 g/mol. The molecule has 1 N–H and O–H groups in total. The molecular formula is C11H16N2O3S. The molecule has 1 aromatic heterocycles. The molecule has 0 saturated carbocycles. The zero-order chi connectivity index (χ0) is 12.1. The van der Waals surface area contributed by atoms with E-state index in [4.69, 9.17) is 9.26 Å². The standard InChI is InChI=1S/C11H16N2O3S/c14-11(12-3-6-17)10-7-9(13-16-10)8-1-4-15-5-2-8/h7-8,17H,1-6H2,(H,12,14). The highest BCUT2D eigenvalue weighted by Gasteiger charge is 2.21. The molecule has 1 aliphatic heterocycles. The number of carbonyl (C=O) groups is 1. The molecule has 5 nitrogen and oxygen atoms in total. The third kappa shape index (κ3) is 3.23. The maximum atomic E-state index is 11.6. The monoisotopic (exact) mass is 256 g/mol. The molecule has 94 valence electrons. The highest BCUT2D eigenvalue weighted by atomic mass is 32.1. The topological polar surface area (TPSA) is 64.4 Å². The molecule has 0 radical (unpaired) electrons. The number of nitrogens with one attached hydrogen (secondary N) is 1. The molecule has 1 aliphatic rings. The minimum absolute atomic E-state index is 0.232. The molecule has 1 aromatic rings. The Bertz CT molecular complexity index is 375. The number of aromatic nitrogens is 1. The summed E-state index contributed by atoms with van der Waals surface area (Å²) in [7, 11) is 0. The van der Waals surface area contributed by atoms with Crippen molar-refractivity contribution in [3.63, 3.8) is 0 Å². The van der Waals surface area contributed by atoms with E-state index in [1.165, 1.54) is 0 Å². The van der Waals surface area contributed by atoms with Crippen LogP contribution >= 0.6 is 12.6 Å². The second kappa shape index (κ2) is 6.07. The summed E-state index contributed by atoms with van der Waals surface area (Å²) in [6.45, 7) is 2.02. The van der Waals surface area contributed by atoms with E-state index in [2.05, 4.69) is 23.1 Å². The minimum Gasteiger partial charge on any atom is -0.381 e. The van der Waals surface area contributed by atoms with E-state index in [-0.39, 0.29) is 11.7 Å². The molecule has 0 bridgehead atoms. The highest BCUT2D eigenvalue weighted by molar-refractivity contribution is 7.80. The van der Waals surface area contributed by atoms with Crippen LogP contribution in [0.5, 0.6) is 0 Å². The fraction of sp³-hybridized carbons (Fsp3) is 0.636. The van der Waals surface area contributed by atoms with Crippen molar-refractivity contribution in [2.45, 2.75) is 18.8 Å². The van der Waals surface area contributed by atoms with Crippen LogP contribution in [0.1, 0.15) is 35.0 Å². The molecule has 0 atom stereocenters. The van der Waals surface area contributed by atoms with E-state index in [0.29, 0.717) is 18.2 Å². The lowest BCUT2D eigenvalue weighted by atomic mass is 9.96. The zero-order valence-corrected chi connectivity index (χ0v) is 10.4. The van der Waals surface area contributed by atoms with Gasteiger partial charge in [-0.1, -0.05) is 5.16 Å². The second-order valence-electron chi connectivity index (χ2n) is 3.98. The molecular weight excluding hydrogens is 240 g/mol. The fourth-order valence-corrected chi connectivity index (χ4v) is 1.95. The van der Waals surface area contributed by atoms with Gasteiger partial charge in [-0.15, -0.1) is 0 Å². The van der Waals surface area contributed by atoms with Crippen molar-refractivity contribution in [2.24, 2.45) is 0 Å². The molecule has 1 amide bonds. The van der Waals surface area contributed by atoms with E-state index in [1.807, 2.05) is 0 Å². The lowest BCUT2D eigenvalue weighted by Crippen LogP contribution is -2.24. The van der Waals surface area contributed by atoms with Gasteiger partial charge in [-0.2, -0.15) is 12.6 Å². The Kier molecular flexibility index (Phi) is 4.44. The van der Waals surface area contributed by atoms with Gasteiger partial charge >= 0.3 is 0 Å². The van der Waals surface area contributed by atoms with E-state index >= 15 is 0 Å². The number of amides is 1. The number of nitrogens with zero attached hydrogens (tertiary/aromatic N) is 1. The van der Waals surface area contributed by atoms with Crippen molar-refractivity contribution in [3.8, 4) is 0 Å². The first-order valence-corrected chi connectivity index (χ1v) is 6.38. The number of carbonyl (C=O) groups excluding carboxylic acids is 1. The Morgan fingerprint density at radius 3 is 3.00 bits per heavy atom. The Morgan fingerprint density at radius 1 is 1.53 bits per heavy atom. The van der Waals surface area contributed by atoms with Crippen LogP contribution in [0.3, 0.4) is 0 Å². The lowest BCUT2D eigenvalue weighted by Gasteiger charge is -2.19. The Morgan fingerprint density at radius 2 is 2.29 bits per heavy atom. The normalized spacial score (nSPS) is 17.0. The van der Waals surface area contributed by atoms with Crippen molar-refractivity contribution in [1.29, 1.82) is 0 Å². The van der Waals surface area contributed by atoms with Gasteiger partial charge in [0, 0.05) is 37.5 Å². The number of ether oxygens (including phenoxy) is 1. The maximum Gasteiger partial charge on any atom is 0.289 e. The summed E-state index contributed by atoms with van der Waals surface area (Å²) in [6.07, 6.45) is 1.87. The molecule has 0 unspecified atom stereocenters. The van der Waals surface area contributed by atoms with Crippen molar-refractivity contribution in [2.75, 3.05) is 25.5 Å². The van der Waals surface area contributed by atoms with Crippen LogP contribution < -0.4 is 5.32 Å².